The van der Waals surface area contributed by atoms with Gasteiger partial charge in [0, 0.05) is 19.2 Å². The van der Waals surface area contributed by atoms with Crippen molar-refractivity contribution in [3.05, 3.63) is 29.8 Å². The monoisotopic (exact) mass is 242 g/mol. The van der Waals surface area contributed by atoms with Crippen LogP contribution in [0.2, 0.25) is 0 Å². The molecule has 17 heavy (non-hydrogen) atoms. The van der Waals surface area contributed by atoms with Crippen molar-refractivity contribution < 1.29 is 18.3 Å². The van der Waals surface area contributed by atoms with E-state index in [9.17, 15) is 13.6 Å². The highest BCUT2D eigenvalue weighted by molar-refractivity contribution is 5.94. The molecule has 1 amide bonds. The molecule has 1 saturated heterocycles. The molecule has 1 aromatic rings. The van der Waals surface area contributed by atoms with Crippen LogP contribution in [-0.2, 0) is 9.53 Å². The second kappa shape index (κ2) is 5.20. The van der Waals surface area contributed by atoms with Crippen LogP contribution in [0.4, 0.5) is 14.5 Å². The Morgan fingerprint density at radius 2 is 2.29 bits per heavy atom. The van der Waals surface area contributed by atoms with Crippen LogP contribution < -0.4 is 10.6 Å². The van der Waals surface area contributed by atoms with Gasteiger partial charge >= 0.3 is 0 Å². The fraction of sp³-hybridized carbons (Fsp3) is 0.364. The molecule has 1 heterocycles. The third kappa shape index (κ3) is 2.98. The smallest absolute Gasteiger partial charge is 0.254 e. The summed E-state index contributed by atoms with van der Waals surface area (Å²) >= 11 is 0. The second-order valence-corrected chi connectivity index (χ2v) is 3.68. The predicted octanol–water partition coefficient (Wildman–Crippen LogP) is 0.892. The Labute approximate surface area is 97.0 Å². The molecule has 0 aromatic heterocycles. The second-order valence-electron chi connectivity index (χ2n) is 3.68. The van der Waals surface area contributed by atoms with Crippen molar-refractivity contribution in [3.63, 3.8) is 0 Å². The lowest BCUT2D eigenvalue weighted by Gasteiger charge is -2.22. The van der Waals surface area contributed by atoms with Crippen LogP contribution in [0.25, 0.3) is 0 Å². The van der Waals surface area contributed by atoms with E-state index >= 15 is 0 Å². The number of morpholine rings is 1. The van der Waals surface area contributed by atoms with Crippen molar-refractivity contribution in [2.24, 2.45) is 0 Å². The number of nitrogens with one attached hydrogen (secondary N) is 2. The summed E-state index contributed by atoms with van der Waals surface area (Å²) in [4.78, 5) is 11.7. The first-order valence-electron chi connectivity index (χ1n) is 5.25. The molecule has 0 saturated carbocycles. The van der Waals surface area contributed by atoms with Crippen LogP contribution in [0, 0.1) is 11.6 Å². The number of amides is 1. The highest BCUT2D eigenvalue weighted by Gasteiger charge is 2.22. The topological polar surface area (TPSA) is 50.4 Å². The van der Waals surface area contributed by atoms with E-state index in [4.69, 9.17) is 4.74 Å². The molecule has 1 aromatic carbocycles. The molecule has 2 rings (SSSR count). The van der Waals surface area contributed by atoms with E-state index in [1.54, 1.807) is 0 Å². The number of carbonyl (C=O) groups excluding carboxylic acids is 1. The summed E-state index contributed by atoms with van der Waals surface area (Å²) < 4.78 is 31.3. The average Bonchev–Trinajstić information content (AvgIpc) is 2.35. The lowest BCUT2D eigenvalue weighted by Crippen LogP contribution is -2.45. The van der Waals surface area contributed by atoms with Gasteiger partial charge in [-0.15, -0.1) is 0 Å². The van der Waals surface area contributed by atoms with Gasteiger partial charge in [0.2, 0.25) is 0 Å². The number of anilines is 1. The zero-order chi connectivity index (χ0) is 12.3. The van der Waals surface area contributed by atoms with E-state index in [1.165, 1.54) is 0 Å². The van der Waals surface area contributed by atoms with Crippen molar-refractivity contribution in [3.8, 4) is 0 Å². The highest BCUT2D eigenvalue weighted by atomic mass is 19.1. The maximum atomic E-state index is 13.3. The summed E-state index contributed by atoms with van der Waals surface area (Å²) in [7, 11) is 0. The minimum Gasteiger partial charge on any atom is -0.366 e. The fourth-order valence-electron chi connectivity index (χ4n) is 1.54. The minimum atomic E-state index is -0.677. The van der Waals surface area contributed by atoms with Crippen molar-refractivity contribution >= 4 is 11.6 Å². The number of hydrogen-bond acceptors (Lipinski definition) is 3. The Hall–Kier alpha value is -1.53. The summed E-state index contributed by atoms with van der Waals surface area (Å²) in [6, 6.07) is 2.89. The van der Waals surface area contributed by atoms with Gasteiger partial charge in [-0.05, 0) is 12.1 Å². The summed E-state index contributed by atoms with van der Waals surface area (Å²) in [6.07, 6.45) is -0.675. The van der Waals surface area contributed by atoms with Crippen molar-refractivity contribution in [1.29, 1.82) is 0 Å². The zero-order valence-corrected chi connectivity index (χ0v) is 9.00. The van der Waals surface area contributed by atoms with E-state index in [-0.39, 0.29) is 5.69 Å². The number of halogens is 2. The van der Waals surface area contributed by atoms with Crippen molar-refractivity contribution in [1.82, 2.24) is 5.32 Å². The molecule has 6 heteroatoms. The Balaban J connectivity index is 2.04. The molecular formula is C11H12F2N2O2. The van der Waals surface area contributed by atoms with Gasteiger partial charge in [-0.25, -0.2) is 8.78 Å². The molecule has 0 radical (unpaired) electrons. The van der Waals surface area contributed by atoms with Gasteiger partial charge in [-0.1, -0.05) is 0 Å². The quantitative estimate of drug-likeness (QED) is 0.809. The SMILES string of the molecule is O=C(Nc1cc(F)ccc1F)C1CNCCO1. The molecule has 0 spiro atoms. The predicted molar refractivity (Wildman–Crippen MR) is 57.6 cm³/mol. The van der Waals surface area contributed by atoms with E-state index in [0.29, 0.717) is 19.7 Å². The normalized spacial score (nSPS) is 20.0. The maximum absolute atomic E-state index is 13.3. The third-order valence-corrected chi connectivity index (χ3v) is 2.41. The molecule has 92 valence electrons. The molecule has 2 N–H and O–H groups in total. The standard InChI is InChI=1S/C11H12F2N2O2/c12-7-1-2-8(13)9(5-7)15-11(16)10-6-14-3-4-17-10/h1-2,5,10,14H,3-4,6H2,(H,15,16). The van der Waals surface area contributed by atoms with Crippen molar-refractivity contribution in [2.45, 2.75) is 6.10 Å². The molecule has 0 bridgehead atoms. The lowest BCUT2D eigenvalue weighted by atomic mass is 10.2. The van der Waals surface area contributed by atoms with Gasteiger partial charge in [0.05, 0.1) is 12.3 Å². The summed E-state index contributed by atoms with van der Waals surface area (Å²) in [5, 5.41) is 5.28. The van der Waals surface area contributed by atoms with Crippen LogP contribution in [0.5, 0.6) is 0 Å². The molecule has 1 aliphatic heterocycles. The van der Waals surface area contributed by atoms with E-state index in [2.05, 4.69) is 10.6 Å². The average molecular weight is 242 g/mol. The first-order valence-corrected chi connectivity index (χ1v) is 5.25. The lowest BCUT2D eigenvalue weighted by molar-refractivity contribution is -0.128. The van der Waals surface area contributed by atoms with Crippen LogP contribution in [0.15, 0.2) is 18.2 Å². The van der Waals surface area contributed by atoms with Gasteiger partial charge in [0.25, 0.3) is 5.91 Å². The van der Waals surface area contributed by atoms with Gasteiger partial charge in [-0.3, -0.25) is 4.79 Å². The summed E-state index contributed by atoms with van der Waals surface area (Å²) in [6.45, 7) is 1.46. The van der Waals surface area contributed by atoms with E-state index in [0.717, 1.165) is 18.2 Å². The fourth-order valence-corrected chi connectivity index (χ4v) is 1.54. The van der Waals surface area contributed by atoms with Gasteiger partial charge in [0.15, 0.2) is 0 Å². The zero-order valence-electron chi connectivity index (χ0n) is 9.00. The molecule has 0 aliphatic carbocycles. The number of rotatable bonds is 2. The molecule has 1 fully saturated rings. The van der Waals surface area contributed by atoms with Crippen LogP contribution in [-0.4, -0.2) is 31.7 Å². The van der Waals surface area contributed by atoms with Gasteiger partial charge in [0.1, 0.15) is 17.7 Å². The Kier molecular flexibility index (Phi) is 3.65. The Morgan fingerprint density at radius 1 is 1.47 bits per heavy atom. The highest BCUT2D eigenvalue weighted by Crippen LogP contribution is 2.15. The summed E-state index contributed by atoms with van der Waals surface area (Å²) in [5.41, 5.74) is -0.177. The number of carbonyl (C=O) groups is 1. The Bertz CT molecular complexity index is 420. The van der Waals surface area contributed by atoms with Gasteiger partial charge in [-0.2, -0.15) is 0 Å². The molecule has 1 unspecified atom stereocenters. The van der Waals surface area contributed by atoms with Crippen LogP contribution in [0.3, 0.4) is 0 Å². The molecule has 1 atom stereocenters. The minimum absolute atomic E-state index is 0.177. The summed E-state index contributed by atoms with van der Waals surface area (Å²) in [5.74, 6) is -1.77. The van der Waals surface area contributed by atoms with E-state index < -0.39 is 23.6 Å². The van der Waals surface area contributed by atoms with Gasteiger partial charge < -0.3 is 15.4 Å². The van der Waals surface area contributed by atoms with Crippen molar-refractivity contribution in [2.75, 3.05) is 25.0 Å². The first kappa shape index (κ1) is 11.9. The number of ether oxygens (including phenoxy) is 1. The van der Waals surface area contributed by atoms with Crippen LogP contribution >= 0.6 is 0 Å². The molecular weight excluding hydrogens is 230 g/mol. The largest absolute Gasteiger partial charge is 0.366 e. The van der Waals surface area contributed by atoms with E-state index in [1.807, 2.05) is 0 Å². The number of hydrogen-bond donors (Lipinski definition) is 2. The molecule has 1 aliphatic rings. The van der Waals surface area contributed by atoms with Crippen LogP contribution in [0.1, 0.15) is 0 Å². The maximum Gasteiger partial charge on any atom is 0.254 e. The molecule has 4 nitrogen and oxygen atoms in total. The number of benzene rings is 1. The third-order valence-electron chi connectivity index (χ3n) is 2.41. The Morgan fingerprint density at radius 3 is 3.00 bits per heavy atom. The first-order chi connectivity index (χ1) is 8.16.